The third kappa shape index (κ3) is 1.71. The standard InChI is InChI=1S/C11H9N3O4/c1-5-7-4-6(14(17)18)2-3-8(7)13-11(16)9(5)10(12)15/h2-4H,1H3,(H2,12,15)(H,13,16). The van der Waals surface area contributed by atoms with E-state index in [2.05, 4.69) is 4.98 Å². The van der Waals surface area contributed by atoms with Gasteiger partial charge in [-0.3, -0.25) is 19.7 Å². The van der Waals surface area contributed by atoms with Crippen molar-refractivity contribution < 1.29 is 9.72 Å². The number of benzene rings is 1. The molecular formula is C11H9N3O4. The van der Waals surface area contributed by atoms with E-state index in [0.717, 1.165) is 0 Å². The second kappa shape index (κ2) is 3.95. The minimum atomic E-state index is -0.859. The third-order valence-electron chi connectivity index (χ3n) is 2.71. The summed E-state index contributed by atoms with van der Waals surface area (Å²) in [5, 5.41) is 11.1. The van der Waals surface area contributed by atoms with Crippen LogP contribution in [0.1, 0.15) is 15.9 Å². The van der Waals surface area contributed by atoms with Crippen molar-refractivity contribution in [3.05, 3.63) is 49.8 Å². The molecule has 7 nitrogen and oxygen atoms in total. The van der Waals surface area contributed by atoms with Crippen LogP contribution in [-0.4, -0.2) is 15.8 Å². The van der Waals surface area contributed by atoms with Crippen molar-refractivity contribution in [3.8, 4) is 0 Å². The van der Waals surface area contributed by atoms with Gasteiger partial charge in [-0.25, -0.2) is 0 Å². The van der Waals surface area contributed by atoms with Gasteiger partial charge in [0.25, 0.3) is 17.2 Å². The number of H-pyrrole nitrogens is 1. The van der Waals surface area contributed by atoms with Gasteiger partial charge in [0.1, 0.15) is 5.56 Å². The first-order valence-corrected chi connectivity index (χ1v) is 5.02. The largest absolute Gasteiger partial charge is 0.365 e. The van der Waals surface area contributed by atoms with Crippen molar-refractivity contribution in [1.82, 2.24) is 4.98 Å². The van der Waals surface area contributed by atoms with Gasteiger partial charge in [0.2, 0.25) is 0 Å². The molecule has 0 aliphatic carbocycles. The summed E-state index contributed by atoms with van der Waals surface area (Å²) >= 11 is 0. The van der Waals surface area contributed by atoms with Crippen LogP contribution in [0, 0.1) is 17.0 Å². The zero-order valence-electron chi connectivity index (χ0n) is 9.39. The van der Waals surface area contributed by atoms with Crippen LogP contribution in [0.4, 0.5) is 5.69 Å². The van der Waals surface area contributed by atoms with Gasteiger partial charge < -0.3 is 10.7 Å². The molecule has 2 rings (SSSR count). The molecule has 7 heteroatoms. The van der Waals surface area contributed by atoms with Crippen molar-refractivity contribution in [3.63, 3.8) is 0 Å². The van der Waals surface area contributed by atoms with Gasteiger partial charge in [-0.1, -0.05) is 0 Å². The number of nitro benzene ring substituents is 1. The van der Waals surface area contributed by atoms with Gasteiger partial charge in [-0.15, -0.1) is 0 Å². The average molecular weight is 247 g/mol. The fourth-order valence-corrected chi connectivity index (χ4v) is 1.85. The fraction of sp³-hybridized carbons (Fsp3) is 0.0909. The zero-order valence-corrected chi connectivity index (χ0v) is 9.39. The summed E-state index contributed by atoms with van der Waals surface area (Å²) in [6, 6.07) is 4.00. The zero-order chi connectivity index (χ0) is 13.4. The molecule has 18 heavy (non-hydrogen) atoms. The molecule has 2 aromatic rings. The number of carbonyl (C=O) groups is 1. The minimum absolute atomic E-state index is 0.118. The minimum Gasteiger partial charge on any atom is -0.365 e. The van der Waals surface area contributed by atoms with Gasteiger partial charge in [0.15, 0.2) is 0 Å². The monoisotopic (exact) mass is 247 g/mol. The van der Waals surface area contributed by atoms with Crippen LogP contribution in [0.5, 0.6) is 0 Å². The molecule has 92 valence electrons. The van der Waals surface area contributed by atoms with Gasteiger partial charge >= 0.3 is 0 Å². The molecular weight excluding hydrogens is 238 g/mol. The third-order valence-corrected chi connectivity index (χ3v) is 2.71. The van der Waals surface area contributed by atoms with Crippen molar-refractivity contribution in [2.75, 3.05) is 0 Å². The summed E-state index contributed by atoms with van der Waals surface area (Å²) in [5.74, 6) is -0.859. The maximum atomic E-state index is 11.6. The van der Waals surface area contributed by atoms with Gasteiger partial charge in [0, 0.05) is 23.0 Å². The predicted molar refractivity (Wildman–Crippen MR) is 64.5 cm³/mol. The molecule has 1 heterocycles. The predicted octanol–water partition coefficient (Wildman–Crippen LogP) is 0.844. The lowest BCUT2D eigenvalue weighted by atomic mass is 10.0. The molecule has 1 aromatic heterocycles. The van der Waals surface area contributed by atoms with Crippen molar-refractivity contribution in [1.29, 1.82) is 0 Å². The summed E-state index contributed by atoms with van der Waals surface area (Å²) in [6.45, 7) is 1.53. The molecule has 0 saturated carbocycles. The van der Waals surface area contributed by atoms with E-state index in [1.807, 2.05) is 0 Å². The molecule has 0 spiro atoms. The summed E-state index contributed by atoms with van der Waals surface area (Å²) in [4.78, 5) is 35.4. The van der Waals surface area contributed by atoms with E-state index in [9.17, 15) is 19.7 Å². The Morgan fingerprint density at radius 3 is 2.67 bits per heavy atom. The number of carbonyl (C=O) groups excluding carboxylic acids is 1. The molecule has 0 unspecified atom stereocenters. The molecule has 0 saturated heterocycles. The van der Waals surface area contributed by atoms with Gasteiger partial charge in [-0.05, 0) is 18.6 Å². The lowest BCUT2D eigenvalue weighted by Crippen LogP contribution is -2.25. The molecule has 0 radical (unpaired) electrons. The SMILES string of the molecule is Cc1c(C(N)=O)c(=O)[nH]c2ccc([N+](=O)[O-])cc12. The summed E-state index contributed by atoms with van der Waals surface area (Å²) < 4.78 is 0. The topological polar surface area (TPSA) is 119 Å². The van der Waals surface area contributed by atoms with Crippen LogP contribution in [0.25, 0.3) is 10.9 Å². The molecule has 0 fully saturated rings. The van der Waals surface area contributed by atoms with Crippen LogP contribution >= 0.6 is 0 Å². The first-order valence-electron chi connectivity index (χ1n) is 5.02. The number of pyridine rings is 1. The summed E-state index contributed by atoms with van der Waals surface area (Å²) in [6.07, 6.45) is 0. The highest BCUT2D eigenvalue weighted by molar-refractivity contribution is 5.99. The van der Waals surface area contributed by atoms with Crippen LogP contribution in [0.2, 0.25) is 0 Å². The number of nitro groups is 1. The maximum Gasteiger partial charge on any atom is 0.270 e. The number of fused-ring (bicyclic) bond motifs is 1. The Labute approximate surface area is 100 Å². The number of amides is 1. The van der Waals surface area contributed by atoms with E-state index in [1.54, 1.807) is 0 Å². The Hall–Kier alpha value is -2.70. The number of aryl methyl sites for hydroxylation is 1. The summed E-state index contributed by atoms with van der Waals surface area (Å²) in [5.41, 5.74) is 4.98. The average Bonchev–Trinajstić information content (AvgIpc) is 2.27. The Morgan fingerprint density at radius 1 is 1.44 bits per heavy atom. The van der Waals surface area contributed by atoms with Crippen LogP contribution in [-0.2, 0) is 0 Å². The van der Waals surface area contributed by atoms with Gasteiger partial charge in [0.05, 0.1) is 4.92 Å². The lowest BCUT2D eigenvalue weighted by Gasteiger charge is -2.05. The second-order valence-electron chi connectivity index (χ2n) is 3.81. The van der Waals surface area contributed by atoms with Crippen molar-refractivity contribution in [2.45, 2.75) is 6.92 Å². The maximum absolute atomic E-state index is 11.6. The molecule has 0 bridgehead atoms. The van der Waals surface area contributed by atoms with Gasteiger partial charge in [-0.2, -0.15) is 0 Å². The van der Waals surface area contributed by atoms with Crippen LogP contribution in [0.3, 0.4) is 0 Å². The second-order valence-corrected chi connectivity index (χ2v) is 3.81. The fourth-order valence-electron chi connectivity index (χ4n) is 1.85. The number of nitrogens with one attached hydrogen (secondary N) is 1. The molecule has 1 aromatic carbocycles. The number of nitrogens with zero attached hydrogens (tertiary/aromatic N) is 1. The first-order chi connectivity index (χ1) is 8.41. The highest BCUT2D eigenvalue weighted by Gasteiger charge is 2.16. The highest BCUT2D eigenvalue weighted by Crippen LogP contribution is 2.22. The number of primary amides is 1. The van der Waals surface area contributed by atoms with Crippen LogP contribution in [0.15, 0.2) is 23.0 Å². The summed E-state index contributed by atoms with van der Waals surface area (Å²) in [7, 11) is 0. The number of hydrogen-bond donors (Lipinski definition) is 2. The van der Waals surface area contributed by atoms with E-state index < -0.39 is 16.4 Å². The Morgan fingerprint density at radius 2 is 2.11 bits per heavy atom. The number of hydrogen-bond acceptors (Lipinski definition) is 4. The van der Waals surface area contributed by atoms with Crippen LogP contribution < -0.4 is 11.3 Å². The highest BCUT2D eigenvalue weighted by atomic mass is 16.6. The Balaban J connectivity index is 2.90. The molecule has 3 N–H and O–H groups in total. The van der Waals surface area contributed by atoms with E-state index >= 15 is 0 Å². The quantitative estimate of drug-likeness (QED) is 0.603. The number of aromatic amines is 1. The van der Waals surface area contributed by atoms with Crippen molar-refractivity contribution >= 4 is 22.5 Å². The first kappa shape index (κ1) is 11.8. The van der Waals surface area contributed by atoms with E-state index in [4.69, 9.17) is 5.73 Å². The Bertz CT molecular complexity index is 733. The molecule has 0 atom stereocenters. The number of aromatic nitrogens is 1. The Kier molecular flexibility index (Phi) is 2.59. The number of nitrogens with two attached hydrogens (primary N) is 1. The normalized spacial score (nSPS) is 10.5. The van der Waals surface area contributed by atoms with Crippen molar-refractivity contribution in [2.24, 2.45) is 5.73 Å². The molecule has 0 aliphatic heterocycles. The number of rotatable bonds is 2. The molecule has 1 amide bonds. The number of non-ortho nitro benzene ring substituents is 1. The smallest absolute Gasteiger partial charge is 0.270 e. The lowest BCUT2D eigenvalue weighted by molar-refractivity contribution is -0.384. The molecule has 0 aliphatic rings. The van der Waals surface area contributed by atoms with E-state index in [0.29, 0.717) is 16.5 Å². The van der Waals surface area contributed by atoms with E-state index in [-0.39, 0.29) is 11.3 Å². The van der Waals surface area contributed by atoms with E-state index in [1.165, 1.54) is 25.1 Å².